The Hall–Kier alpha value is 1.54. The fourth-order valence-corrected chi connectivity index (χ4v) is 3.19. The molecule has 0 aliphatic heterocycles. The lowest BCUT2D eigenvalue weighted by molar-refractivity contribution is 0.609. The zero-order valence-corrected chi connectivity index (χ0v) is 10.2. The second kappa shape index (κ2) is 7.20. The summed E-state index contributed by atoms with van der Waals surface area (Å²) in [6.45, 7) is 0. The second-order valence-corrected chi connectivity index (χ2v) is 4.37. The molecule has 0 aliphatic carbocycles. The molecular weight excluding hydrogens is 303 g/mol. The molecule has 10 heavy (non-hydrogen) atoms. The Labute approximate surface area is 88.9 Å². The quantitative estimate of drug-likeness (QED) is 0.680. The number of hydrogen-bond acceptors (Lipinski definition) is 0. The van der Waals surface area contributed by atoms with E-state index in [4.69, 9.17) is 23.2 Å². The summed E-state index contributed by atoms with van der Waals surface area (Å²) in [6.07, 6.45) is 0.977. The summed E-state index contributed by atoms with van der Waals surface area (Å²) in [4.78, 5) is 0. The predicted molar refractivity (Wildman–Crippen MR) is 56.1 cm³/mol. The summed E-state index contributed by atoms with van der Waals surface area (Å²) in [5.41, 5.74) is 0. The maximum atomic E-state index is 6.00. The molecule has 0 radical (unpaired) electrons. The van der Waals surface area contributed by atoms with Gasteiger partial charge in [0.25, 0.3) is 0 Å². The molecule has 0 saturated heterocycles. The molecule has 2 atom stereocenters. The van der Waals surface area contributed by atoms with Crippen molar-refractivity contribution in [3.05, 3.63) is 0 Å². The fraction of sp³-hybridized carbons (Fsp3) is 1.00. The van der Waals surface area contributed by atoms with Crippen LogP contribution in [0.5, 0.6) is 0 Å². The lowest BCUT2D eigenvalue weighted by Gasteiger charge is -2.15. The van der Waals surface area contributed by atoms with Gasteiger partial charge in [-0.3, -0.25) is 0 Å². The van der Waals surface area contributed by atoms with E-state index in [1.165, 1.54) is 0 Å². The Morgan fingerprint density at radius 2 is 1.90 bits per heavy atom. The van der Waals surface area contributed by atoms with Crippen LogP contribution >= 0.6 is 55.1 Å². The van der Waals surface area contributed by atoms with Crippen LogP contribution in [0.4, 0.5) is 0 Å². The third kappa shape index (κ3) is 4.42. The van der Waals surface area contributed by atoms with E-state index < -0.39 is 0 Å². The van der Waals surface area contributed by atoms with Gasteiger partial charge in [-0.05, 0) is 12.3 Å². The first-order valence-electron chi connectivity index (χ1n) is 3.08. The van der Waals surface area contributed by atoms with Crippen molar-refractivity contribution < 1.29 is 0 Å². The van der Waals surface area contributed by atoms with Crippen molar-refractivity contribution in [3.63, 3.8) is 0 Å². The van der Waals surface area contributed by atoms with Crippen LogP contribution in [0, 0.1) is 5.92 Å². The Morgan fingerprint density at radius 1 is 1.30 bits per heavy atom. The molecule has 62 valence electrons. The summed E-state index contributed by atoms with van der Waals surface area (Å²) < 4.78 is 0. The Morgan fingerprint density at radius 3 is 2.20 bits per heavy atom. The van der Waals surface area contributed by atoms with Crippen LogP contribution < -0.4 is 0 Å². The van der Waals surface area contributed by atoms with Gasteiger partial charge in [-0.2, -0.15) is 0 Å². The van der Waals surface area contributed by atoms with E-state index >= 15 is 0 Å². The minimum atomic E-state index is 0.191. The zero-order valence-electron chi connectivity index (χ0n) is 5.49. The van der Waals surface area contributed by atoms with Gasteiger partial charge in [-0.25, -0.2) is 0 Å². The molecule has 0 nitrogen and oxygen atoms in total. The minimum Gasteiger partial charge on any atom is -0.126 e. The molecule has 0 aliphatic rings. The molecular formula is C6H10Br2Cl2. The predicted octanol–water partition coefficient (Wildman–Crippen LogP) is 3.63. The van der Waals surface area contributed by atoms with Crippen molar-refractivity contribution in [2.75, 3.05) is 16.5 Å². The lowest BCUT2D eigenvalue weighted by atomic mass is 10.1. The molecule has 0 fully saturated rings. The van der Waals surface area contributed by atoms with Crippen LogP contribution in [-0.4, -0.2) is 21.9 Å². The third-order valence-electron chi connectivity index (χ3n) is 1.29. The van der Waals surface area contributed by atoms with Gasteiger partial charge in [-0.15, -0.1) is 23.2 Å². The standard InChI is InChI=1S/C6H10Br2Cl2/c7-2-1-6(10)5(3-8)4-9/h5-6H,1-4H2. The molecule has 0 aromatic carbocycles. The van der Waals surface area contributed by atoms with E-state index in [2.05, 4.69) is 31.9 Å². The molecule has 0 saturated carbocycles. The van der Waals surface area contributed by atoms with E-state index in [1.54, 1.807) is 0 Å². The van der Waals surface area contributed by atoms with Gasteiger partial charge in [0.15, 0.2) is 0 Å². The second-order valence-electron chi connectivity index (χ2n) is 2.06. The van der Waals surface area contributed by atoms with Crippen LogP contribution in [0.25, 0.3) is 0 Å². The molecule has 0 aromatic rings. The Kier molecular flexibility index (Phi) is 8.31. The zero-order chi connectivity index (χ0) is 7.98. The largest absolute Gasteiger partial charge is 0.126 e. The molecule has 0 heterocycles. The Bertz CT molecular complexity index is 76.1. The normalized spacial score (nSPS) is 16.8. The van der Waals surface area contributed by atoms with Crippen LogP contribution in [-0.2, 0) is 0 Å². The smallest absolute Gasteiger partial charge is 0.0391 e. The molecule has 0 N–H and O–H groups in total. The van der Waals surface area contributed by atoms with Gasteiger partial charge < -0.3 is 0 Å². The van der Waals surface area contributed by atoms with Crippen molar-refractivity contribution in [1.82, 2.24) is 0 Å². The average Bonchev–Trinajstić information content (AvgIpc) is 1.91. The van der Waals surface area contributed by atoms with E-state index in [0.717, 1.165) is 17.1 Å². The van der Waals surface area contributed by atoms with E-state index in [0.29, 0.717) is 11.8 Å². The summed E-state index contributed by atoms with van der Waals surface area (Å²) in [6, 6.07) is 0. The number of rotatable bonds is 5. The number of alkyl halides is 4. The summed E-state index contributed by atoms with van der Waals surface area (Å²) in [7, 11) is 0. The van der Waals surface area contributed by atoms with Gasteiger partial charge in [0.05, 0.1) is 0 Å². The van der Waals surface area contributed by atoms with Gasteiger partial charge in [-0.1, -0.05) is 31.9 Å². The lowest BCUT2D eigenvalue weighted by Crippen LogP contribution is -2.18. The van der Waals surface area contributed by atoms with E-state index in [9.17, 15) is 0 Å². The van der Waals surface area contributed by atoms with Crippen molar-refractivity contribution in [2.45, 2.75) is 11.8 Å². The van der Waals surface area contributed by atoms with Crippen molar-refractivity contribution in [3.8, 4) is 0 Å². The first-order chi connectivity index (χ1) is 4.76. The molecule has 2 unspecified atom stereocenters. The Balaban J connectivity index is 3.53. The van der Waals surface area contributed by atoms with Gasteiger partial charge in [0.1, 0.15) is 0 Å². The highest BCUT2D eigenvalue weighted by molar-refractivity contribution is 9.09. The summed E-state index contributed by atoms with van der Waals surface area (Å²) in [5, 5.41) is 2.02. The molecule has 0 bridgehead atoms. The van der Waals surface area contributed by atoms with E-state index in [-0.39, 0.29) is 5.38 Å². The topological polar surface area (TPSA) is 0 Å². The minimum absolute atomic E-state index is 0.191. The molecule has 0 aromatic heterocycles. The highest BCUT2D eigenvalue weighted by Crippen LogP contribution is 2.19. The average molecular weight is 313 g/mol. The maximum Gasteiger partial charge on any atom is 0.0391 e. The molecule has 0 spiro atoms. The highest BCUT2D eigenvalue weighted by atomic mass is 79.9. The first kappa shape index (κ1) is 11.5. The third-order valence-corrected chi connectivity index (χ3v) is 3.55. The van der Waals surface area contributed by atoms with E-state index in [1.807, 2.05) is 0 Å². The molecule has 0 amide bonds. The SMILES string of the molecule is ClCC(CBr)C(Cl)CCBr. The fourth-order valence-electron chi connectivity index (χ4n) is 0.575. The monoisotopic (exact) mass is 310 g/mol. The van der Waals surface area contributed by atoms with Crippen LogP contribution in [0.2, 0.25) is 0 Å². The van der Waals surface area contributed by atoms with Crippen LogP contribution in [0.1, 0.15) is 6.42 Å². The summed E-state index contributed by atoms with van der Waals surface area (Å²) in [5.74, 6) is 1.02. The summed E-state index contributed by atoms with van der Waals surface area (Å²) >= 11 is 18.4. The van der Waals surface area contributed by atoms with Gasteiger partial charge in [0, 0.05) is 21.9 Å². The highest BCUT2D eigenvalue weighted by Gasteiger charge is 2.15. The number of hydrogen-bond donors (Lipinski definition) is 0. The van der Waals surface area contributed by atoms with Gasteiger partial charge >= 0.3 is 0 Å². The van der Waals surface area contributed by atoms with Crippen molar-refractivity contribution >= 4 is 55.1 Å². The van der Waals surface area contributed by atoms with Crippen LogP contribution in [0.15, 0.2) is 0 Å². The maximum absolute atomic E-state index is 6.00. The van der Waals surface area contributed by atoms with Crippen molar-refractivity contribution in [2.24, 2.45) is 5.92 Å². The van der Waals surface area contributed by atoms with Gasteiger partial charge in [0.2, 0.25) is 0 Å². The molecule has 0 rings (SSSR count). The van der Waals surface area contributed by atoms with Crippen LogP contribution in [0.3, 0.4) is 0 Å². The first-order valence-corrected chi connectivity index (χ1v) is 6.29. The van der Waals surface area contributed by atoms with Crippen molar-refractivity contribution in [1.29, 1.82) is 0 Å². The molecule has 4 heteroatoms. The number of halogens is 4.